The number of carbonyl (C=O) groups excluding carboxylic acids is 1. The van der Waals surface area contributed by atoms with E-state index in [-0.39, 0.29) is 28.9 Å². The minimum atomic E-state index is -1.05. The summed E-state index contributed by atoms with van der Waals surface area (Å²) in [6, 6.07) is 7.95. The number of allylic oxidation sites excluding steroid dienone is 2. The summed E-state index contributed by atoms with van der Waals surface area (Å²) >= 11 is 0. The van der Waals surface area contributed by atoms with Crippen molar-refractivity contribution in [1.29, 1.82) is 0 Å². The molecule has 0 aromatic heterocycles. The number of aromatic hydroxyl groups is 3. The lowest BCUT2D eigenvalue weighted by Crippen LogP contribution is -2.36. The third-order valence-corrected chi connectivity index (χ3v) is 5.14. The maximum absolute atomic E-state index is 13.1. The fourth-order valence-corrected chi connectivity index (χ4v) is 3.45. The van der Waals surface area contributed by atoms with Crippen LogP contribution in [0.4, 0.5) is 0 Å². The zero-order valence-electron chi connectivity index (χ0n) is 14.8. The minimum absolute atomic E-state index is 0.114. The first-order valence-electron chi connectivity index (χ1n) is 8.29. The molecule has 0 amide bonds. The van der Waals surface area contributed by atoms with Crippen molar-refractivity contribution in [1.82, 2.24) is 0 Å². The number of carbonyl (C=O) groups is 1. The summed E-state index contributed by atoms with van der Waals surface area (Å²) in [4.78, 5) is 13.1. The SMILES string of the molecule is Cc1cc2c(cc1O)C(C)(c1ccc(O)c(O)c1)C(=O)C=C2C(C)C. The number of phenols is 3. The van der Waals surface area contributed by atoms with Crippen molar-refractivity contribution in [2.45, 2.75) is 33.1 Å². The van der Waals surface area contributed by atoms with Crippen molar-refractivity contribution in [3.05, 3.63) is 58.7 Å². The van der Waals surface area contributed by atoms with Crippen molar-refractivity contribution in [2.75, 3.05) is 0 Å². The Balaban J connectivity index is 2.34. The zero-order chi connectivity index (χ0) is 18.5. The molecule has 2 aromatic carbocycles. The first-order chi connectivity index (χ1) is 11.7. The highest BCUT2D eigenvalue weighted by Crippen LogP contribution is 2.46. The molecule has 0 saturated carbocycles. The summed E-state index contributed by atoms with van der Waals surface area (Å²) in [6.07, 6.45) is 1.66. The molecule has 1 atom stereocenters. The van der Waals surface area contributed by atoms with Gasteiger partial charge in [-0.3, -0.25) is 4.79 Å². The van der Waals surface area contributed by atoms with Crippen LogP contribution in [0.3, 0.4) is 0 Å². The van der Waals surface area contributed by atoms with Crippen molar-refractivity contribution in [3.63, 3.8) is 0 Å². The van der Waals surface area contributed by atoms with Crippen LogP contribution in [-0.2, 0) is 10.2 Å². The van der Waals surface area contributed by atoms with Crippen LogP contribution >= 0.6 is 0 Å². The summed E-state index contributed by atoms with van der Waals surface area (Å²) in [7, 11) is 0. The van der Waals surface area contributed by atoms with Gasteiger partial charge in [0.15, 0.2) is 17.3 Å². The highest BCUT2D eigenvalue weighted by molar-refractivity contribution is 6.10. The smallest absolute Gasteiger partial charge is 0.170 e. The van der Waals surface area contributed by atoms with Gasteiger partial charge in [0.25, 0.3) is 0 Å². The van der Waals surface area contributed by atoms with Crippen molar-refractivity contribution >= 4 is 11.4 Å². The van der Waals surface area contributed by atoms with Crippen LogP contribution in [-0.4, -0.2) is 21.1 Å². The lowest BCUT2D eigenvalue weighted by molar-refractivity contribution is -0.118. The first kappa shape index (κ1) is 17.1. The van der Waals surface area contributed by atoms with Gasteiger partial charge in [0.1, 0.15) is 5.75 Å². The molecule has 4 nitrogen and oxygen atoms in total. The van der Waals surface area contributed by atoms with Crippen molar-refractivity contribution in [3.8, 4) is 17.2 Å². The maximum Gasteiger partial charge on any atom is 0.170 e. The van der Waals surface area contributed by atoms with E-state index in [9.17, 15) is 20.1 Å². The van der Waals surface area contributed by atoms with Gasteiger partial charge in [-0.25, -0.2) is 0 Å². The molecule has 0 aliphatic heterocycles. The fourth-order valence-electron chi connectivity index (χ4n) is 3.45. The molecular weight excluding hydrogens is 316 g/mol. The number of hydrogen-bond acceptors (Lipinski definition) is 4. The Bertz CT molecular complexity index is 908. The van der Waals surface area contributed by atoms with E-state index in [1.54, 1.807) is 25.1 Å². The number of ketones is 1. The summed E-state index contributed by atoms with van der Waals surface area (Å²) in [6.45, 7) is 7.66. The van der Waals surface area contributed by atoms with E-state index < -0.39 is 5.41 Å². The molecule has 3 rings (SSSR count). The molecule has 1 aliphatic carbocycles. The van der Waals surface area contributed by atoms with Crippen LogP contribution in [0.25, 0.3) is 5.57 Å². The number of fused-ring (bicyclic) bond motifs is 1. The molecule has 0 radical (unpaired) electrons. The largest absolute Gasteiger partial charge is 0.508 e. The van der Waals surface area contributed by atoms with Gasteiger partial charge in [-0.2, -0.15) is 0 Å². The summed E-state index contributed by atoms with van der Waals surface area (Å²) < 4.78 is 0. The minimum Gasteiger partial charge on any atom is -0.508 e. The van der Waals surface area contributed by atoms with Crippen LogP contribution in [0, 0.1) is 12.8 Å². The number of hydrogen-bond donors (Lipinski definition) is 3. The van der Waals surface area contributed by atoms with Gasteiger partial charge in [-0.15, -0.1) is 0 Å². The Morgan fingerprint density at radius 3 is 2.24 bits per heavy atom. The average Bonchev–Trinajstić information content (AvgIpc) is 2.55. The molecule has 0 spiro atoms. The number of benzene rings is 2. The molecule has 0 fully saturated rings. The van der Waals surface area contributed by atoms with Crippen LogP contribution in [0.2, 0.25) is 0 Å². The lowest BCUT2D eigenvalue weighted by atomic mass is 9.65. The Labute approximate surface area is 147 Å². The van der Waals surface area contributed by atoms with Crippen molar-refractivity contribution in [2.24, 2.45) is 5.92 Å². The molecule has 1 unspecified atom stereocenters. The second-order valence-electron chi connectivity index (χ2n) is 7.13. The lowest BCUT2D eigenvalue weighted by Gasteiger charge is -2.36. The first-order valence-corrected chi connectivity index (χ1v) is 8.29. The van der Waals surface area contributed by atoms with Gasteiger partial charge in [0.2, 0.25) is 0 Å². The molecule has 130 valence electrons. The number of aryl methyl sites for hydroxylation is 1. The van der Waals surface area contributed by atoms with E-state index in [0.717, 1.165) is 16.7 Å². The fraction of sp³-hybridized carbons (Fsp3) is 0.286. The van der Waals surface area contributed by atoms with Gasteiger partial charge in [-0.05, 0) is 77.9 Å². The molecule has 0 saturated heterocycles. The van der Waals surface area contributed by atoms with Crippen molar-refractivity contribution < 1.29 is 20.1 Å². The van der Waals surface area contributed by atoms with Gasteiger partial charge in [-0.1, -0.05) is 19.9 Å². The molecule has 3 N–H and O–H groups in total. The Hall–Kier alpha value is -2.75. The van der Waals surface area contributed by atoms with Gasteiger partial charge in [0, 0.05) is 0 Å². The monoisotopic (exact) mass is 338 g/mol. The molecule has 0 bridgehead atoms. The van der Waals surface area contributed by atoms with E-state index in [1.165, 1.54) is 12.1 Å². The van der Waals surface area contributed by atoms with Crippen LogP contribution in [0.15, 0.2) is 36.4 Å². The van der Waals surface area contributed by atoms with E-state index in [2.05, 4.69) is 0 Å². The van der Waals surface area contributed by atoms with E-state index in [0.29, 0.717) is 11.1 Å². The summed E-state index contributed by atoms with van der Waals surface area (Å²) in [5.41, 5.74) is 2.83. The van der Waals surface area contributed by atoms with Gasteiger partial charge in [0.05, 0.1) is 5.41 Å². The van der Waals surface area contributed by atoms with E-state index in [1.807, 2.05) is 26.8 Å². The third kappa shape index (κ3) is 2.49. The highest BCUT2D eigenvalue weighted by atomic mass is 16.3. The molecule has 25 heavy (non-hydrogen) atoms. The number of rotatable bonds is 2. The second-order valence-corrected chi connectivity index (χ2v) is 7.13. The Morgan fingerprint density at radius 2 is 1.64 bits per heavy atom. The predicted octanol–water partition coefficient (Wildman–Crippen LogP) is 4.04. The molecule has 0 heterocycles. The van der Waals surface area contributed by atoms with Gasteiger partial charge >= 0.3 is 0 Å². The average molecular weight is 338 g/mol. The standard InChI is InChI=1S/C21H22O4/c1-11(2)14-9-20(25)21(4,13-5-6-17(22)19(24)8-13)16-10-18(23)12(3)7-15(14)16/h5-11,22-24H,1-4H3. The number of phenolic OH excluding ortho intramolecular Hbond substituents is 3. The predicted molar refractivity (Wildman–Crippen MR) is 96.9 cm³/mol. The molecule has 2 aromatic rings. The Kier molecular flexibility index (Phi) is 3.87. The summed E-state index contributed by atoms with van der Waals surface area (Å²) in [5.74, 6) is -0.337. The maximum atomic E-state index is 13.1. The third-order valence-electron chi connectivity index (χ3n) is 5.14. The topological polar surface area (TPSA) is 77.8 Å². The van der Waals surface area contributed by atoms with Gasteiger partial charge < -0.3 is 15.3 Å². The normalized spacial score (nSPS) is 19.7. The van der Waals surface area contributed by atoms with E-state index >= 15 is 0 Å². The van der Waals surface area contributed by atoms with E-state index in [4.69, 9.17) is 0 Å². The van der Waals surface area contributed by atoms with Crippen LogP contribution in [0.1, 0.15) is 43.0 Å². The zero-order valence-corrected chi connectivity index (χ0v) is 14.8. The second kappa shape index (κ2) is 5.66. The van der Waals surface area contributed by atoms with Crippen LogP contribution in [0.5, 0.6) is 17.2 Å². The van der Waals surface area contributed by atoms with Crippen LogP contribution < -0.4 is 0 Å². The quantitative estimate of drug-likeness (QED) is 0.722. The Morgan fingerprint density at radius 1 is 0.960 bits per heavy atom. The highest BCUT2D eigenvalue weighted by Gasteiger charge is 2.42. The molecular formula is C21H22O4. The molecule has 4 heteroatoms. The molecule has 1 aliphatic rings. The summed E-state index contributed by atoms with van der Waals surface area (Å²) in [5, 5.41) is 29.7.